The molecule has 114 valence electrons. The van der Waals surface area contributed by atoms with Crippen LogP contribution in [0, 0.1) is 0 Å². The Balaban J connectivity index is 1.56. The second kappa shape index (κ2) is 6.58. The number of benzene rings is 1. The number of rotatable bonds is 4. The van der Waals surface area contributed by atoms with Crippen LogP contribution in [0.5, 0.6) is 0 Å². The van der Waals surface area contributed by atoms with Crippen molar-refractivity contribution in [3.63, 3.8) is 0 Å². The maximum Gasteiger partial charge on any atom is 0.104 e. The van der Waals surface area contributed by atoms with Gasteiger partial charge in [-0.1, -0.05) is 18.2 Å². The smallest absolute Gasteiger partial charge is 0.104 e. The third-order valence-corrected chi connectivity index (χ3v) is 4.12. The Bertz CT molecular complexity index is 620. The average molecular weight is 297 g/mol. The van der Waals surface area contributed by atoms with Crippen LogP contribution in [-0.4, -0.2) is 37.1 Å². The SMILES string of the molecule is O=C([O-])c1ccc(N2CC[NH+](Cc3cccnc3)CC2)cc1. The van der Waals surface area contributed by atoms with Crippen molar-refractivity contribution in [2.45, 2.75) is 6.54 Å². The van der Waals surface area contributed by atoms with E-state index in [4.69, 9.17) is 0 Å². The van der Waals surface area contributed by atoms with Gasteiger partial charge in [-0.05, 0) is 23.8 Å². The first-order chi connectivity index (χ1) is 10.7. The molecule has 0 saturated carbocycles. The van der Waals surface area contributed by atoms with E-state index in [0.29, 0.717) is 0 Å². The first-order valence-electron chi connectivity index (χ1n) is 7.51. The maximum atomic E-state index is 10.8. The molecule has 22 heavy (non-hydrogen) atoms. The van der Waals surface area contributed by atoms with Gasteiger partial charge in [0.15, 0.2) is 0 Å². The zero-order valence-corrected chi connectivity index (χ0v) is 12.4. The van der Waals surface area contributed by atoms with E-state index >= 15 is 0 Å². The third kappa shape index (κ3) is 3.43. The number of aromatic carboxylic acids is 1. The lowest BCUT2D eigenvalue weighted by Gasteiger charge is -2.33. The van der Waals surface area contributed by atoms with Crippen molar-refractivity contribution in [2.75, 3.05) is 31.1 Å². The largest absolute Gasteiger partial charge is 0.545 e. The van der Waals surface area contributed by atoms with E-state index in [2.05, 4.69) is 16.0 Å². The monoisotopic (exact) mass is 297 g/mol. The lowest BCUT2D eigenvalue weighted by Crippen LogP contribution is -3.13. The number of aromatic nitrogens is 1. The summed E-state index contributed by atoms with van der Waals surface area (Å²) in [4.78, 5) is 18.8. The summed E-state index contributed by atoms with van der Waals surface area (Å²) in [6.45, 7) is 5.08. The van der Waals surface area contributed by atoms with Gasteiger partial charge >= 0.3 is 0 Å². The van der Waals surface area contributed by atoms with Crippen molar-refractivity contribution < 1.29 is 14.8 Å². The summed E-state index contributed by atoms with van der Waals surface area (Å²) in [5.41, 5.74) is 2.57. The Kier molecular flexibility index (Phi) is 4.34. The molecule has 2 heterocycles. The molecule has 3 rings (SSSR count). The fourth-order valence-electron chi connectivity index (χ4n) is 2.86. The molecule has 0 atom stereocenters. The van der Waals surface area contributed by atoms with Crippen LogP contribution < -0.4 is 14.9 Å². The molecule has 0 radical (unpaired) electrons. The van der Waals surface area contributed by atoms with E-state index in [-0.39, 0.29) is 5.56 Å². The first kappa shape index (κ1) is 14.5. The standard InChI is InChI=1S/C17H19N3O2/c21-17(22)15-3-5-16(6-4-15)20-10-8-19(9-11-20)13-14-2-1-7-18-12-14/h1-7,12H,8-11,13H2,(H,21,22). The number of piperazine rings is 1. The van der Waals surface area contributed by atoms with Crippen molar-refractivity contribution in [1.29, 1.82) is 0 Å². The number of carbonyl (C=O) groups is 1. The number of pyridine rings is 1. The zero-order valence-electron chi connectivity index (χ0n) is 12.4. The van der Waals surface area contributed by atoms with Gasteiger partial charge in [-0.25, -0.2) is 0 Å². The van der Waals surface area contributed by atoms with Gasteiger partial charge in [-0.15, -0.1) is 0 Å². The van der Waals surface area contributed by atoms with Crippen LogP contribution in [0.25, 0.3) is 0 Å². The van der Waals surface area contributed by atoms with Crippen LogP contribution in [0.2, 0.25) is 0 Å². The first-order valence-corrected chi connectivity index (χ1v) is 7.51. The van der Waals surface area contributed by atoms with Crippen LogP contribution in [0.1, 0.15) is 15.9 Å². The Morgan fingerprint density at radius 3 is 2.50 bits per heavy atom. The Hall–Kier alpha value is -2.40. The highest BCUT2D eigenvalue weighted by Crippen LogP contribution is 2.15. The minimum atomic E-state index is -1.13. The number of carboxylic acids is 1. The second-order valence-electron chi connectivity index (χ2n) is 5.61. The molecule has 1 N–H and O–H groups in total. The van der Waals surface area contributed by atoms with Gasteiger partial charge in [0, 0.05) is 23.6 Å². The fourth-order valence-corrected chi connectivity index (χ4v) is 2.86. The van der Waals surface area contributed by atoms with Crippen LogP contribution in [0.4, 0.5) is 5.69 Å². The number of hydrogen-bond donors (Lipinski definition) is 1. The molecule has 0 amide bonds. The van der Waals surface area contributed by atoms with Gasteiger partial charge in [-0.3, -0.25) is 4.98 Å². The molecule has 5 heteroatoms. The molecular weight excluding hydrogens is 278 g/mol. The molecule has 1 aromatic carbocycles. The van der Waals surface area contributed by atoms with E-state index < -0.39 is 5.97 Å². The molecule has 2 aromatic rings. The second-order valence-corrected chi connectivity index (χ2v) is 5.61. The zero-order chi connectivity index (χ0) is 15.4. The van der Waals surface area contributed by atoms with Crippen LogP contribution in [0.15, 0.2) is 48.8 Å². The van der Waals surface area contributed by atoms with Crippen molar-refractivity contribution in [1.82, 2.24) is 4.98 Å². The van der Waals surface area contributed by atoms with Gasteiger partial charge in [0.05, 0.1) is 32.1 Å². The lowest BCUT2D eigenvalue weighted by molar-refractivity contribution is -0.914. The van der Waals surface area contributed by atoms with Crippen LogP contribution in [0.3, 0.4) is 0 Å². The number of hydrogen-bond acceptors (Lipinski definition) is 4. The summed E-state index contributed by atoms with van der Waals surface area (Å²) in [6, 6.07) is 11.0. The van der Waals surface area contributed by atoms with E-state index in [9.17, 15) is 9.90 Å². The van der Waals surface area contributed by atoms with E-state index in [0.717, 1.165) is 38.4 Å². The summed E-state index contributed by atoms with van der Waals surface area (Å²) in [5.74, 6) is -1.13. The summed E-state index contributed by atoms with van der Waals surface area (Å²) < 4.78 is 0. The highest BCUT2D eigenvalue weighted by molar-refractivity contribution is 5.86. The topological polar surface area (TPSA) is 60.7 Å². The third-order valence-electron chi connectivity index (χ3n) is 4.12. The van der Waals surface area contributed by atoms with Gasteiger partial charge in [0.25, 0.3) is 0 Å². The van der Waals surface area contributed by atoms with Gasteiger partial charge < -0.3 is 19.7 Å². The minimum absolute atomic E-state index is 0.226. The van der Waals surface area contributed by atoms with E-state index in [1.165, 1.54) is 5.56 Å². The maximum absolute atomic E-state index is 10.8. The highest BCUT2D eigenvalue weighted by atomic mass is 16.4. The number of nitrogens with zero attached hydrogens (tertiary/aromatic N) is 2. The molecule has 1 aliphatic rings. The predicted octanol–water partition coefficient (Wildman–Crippen LogP) is -0.650. The van der Waals surface area contributed by atoms with Crippen molar-refractivity contribution in [3.05, 3.63) is 59.9 Å². The van der Waals surface area contributed by atoms with E-state index in [1.54, 1.807) is 23.2 Å². The average Bonchev–Trinajstić information content (AvgIpc) is 2.57. The number of quaternary nitrogens is 1. The quantitative estimate of drug-likeness (QED) is 0.815. The van der Waals surface area contributed by atoms with Crippen LogP contribution >= 0.6 is 0 Å². The van der Waals surface area contributed by atoms with E-state index in [1.807, 2.05) is 24.4 Å². The number of anilines is 1. The molecule has 1 aromatic heterocycles. The summed E-state index contributed by atoms with van der Waals surface area (Å²) in [6.07, 6.45) is 3.73. The molecule has 5 nitrogen and oxygen atoms in total. The summed E-state index contributed by atoms with van der Waals surface area (Å²) in [7, 11) is 0. The molecule has 0 bridgehead atoms. The van der Waals surface area contributed by atoms with Crippen molar-refractivity contribution in [2.24, 2.45) is 0 Å². The van der Waals surface area contributed by atoms with Crippen molar-refractivity contribution in [3.8, 4) is 0 Å². The van der Waals surface area contributed by atoms with Gasteiger partial charge in [0.2, 0.25) is 0 Å². The molecule has 0 spiro atoms. The molecule has 0 unspecified atom stereocenters. The summed E-state index contributed by atoms with van der Waals surface area (Å²) in [5, 5.41) is 10.8. The molecule has 1 fully saturated rings. The highest BCUT2D eigenvalue weighted by Gasteiger charge is 2.20. The van der Waals surface area contributed by atoms with Gasteiger partial charge in [0.1, 0.15) is 6.54 Å². The Morgan fingerprint density at radius 1 is 1.18 bits per heavy atom. The number of carbonyl (C=O) groups excluding carboxylic acids is 1. The minimum Gasteiger partial charge on any atom is -0.545 e. The number of carboxylic acid groups (broad SMARTS) is 1. The van der Waals surface area contributed by atoms with Crippen LogP contribution in [-0.2, 0) is 6.54 Å². The number of nitrogens with one attached hydrogen (secondary N) is 1. The molecule has 0 aliphatic carbocycles. The van der Waals surface area contributed by atoms with Crippen molar-refractivity contribution >= 4 is 11.7 Å². The predicted molar refractivity (Wildman–Crippen MR) is 81.6 cm³/mol. The lowest BCUT2D eigenvalue weighted by atomic mass is 10.1. The fraction of sp³-hybridized carbons (Fsp3) is 0.294. The molecule has 1 aliphatic heterocycles. The van der Waals surface area contributed by atoms with Gasteiger partial charge in [-0.2, -0.15) is 0 Å². The normalized spacial score (nSPS) is 15.7. The molecule has 1 saturated heterocycles. The molecular formula is C17H19N3O2. The Labute approximate surface area is 129 Å². The Morgan fingerprint density at radius 2 is 1.91 bits per heavy atom. The summed E-state index contributed by atoms with van der Waals surface area (Å²) >= 11 is 0.